The topological polar surface area (TPSA) is 108 Å². The molecule has 2 unspecified atom stereocenters. The molecule has 0 aliphatic carbocycles. The summed E-state index contributed by atoms with van der Waals surface area (Å²) in [7, 11) is 0. The van der Waals surface area contributed by atoms with Gasteiger partial charge in [-0.25, -0.2) is 9.59 Å². The molecule has 4 aromatic rings. The van der Waals surface area contributed by atoms with Gasteiger partial charge in [-0.2, -0.15) is 0 Å². The van der Waals surface area contributed by atoms with Crippen LogP contribution in [-0.2, 0) is 4.74 Å². The van der Waals surface area contributed by atoms with Crippen LogP contribution >= 0.6 is 0 Å². The molecule has 184 valence electrons. The largest absolute Gasteiger partial charge is 0.484 e. The van der Waals surface area contributed by atoms with E-state index < -0.39 is 34.7 Å². The Bertz CT molecular complexity index is 1690. The van der Waals surface area contributed by atoms with E-state index in [-0.39, 0.29) is 0 Å². The predicted octanol–water partition coefficient (Wildman–Crippen LogP) is 4.70. The number of fused-ring (bicyclic) bond motifs is 5. The number of aliphatic hydroxyl groups is 1. The van der Waals surface area contributed by atoms with Crippen molar-refractivity contribution in [3.63, 3.8) is 0 Å². The average molecular weight is 488 g/mol. The van der Waals surface area contributed by atoms with Crippen LogP contribution in [0.1, 0.15) is 44.9 Å². The Kier molecular flexibility index (Phi) is 4.66. The summed E-state index contributed by atoms with van der Waals surface area (Å²) in [5, 5.41) is 12.8. The van der Waals surface area contributed by atoms with Gasteiger partial charge in [-0.05, 0) is 58.0 Å². The maximum absolute atomic E-state index is 12.1. The molecule has 0 spiro atoms. The summed E-state index contributed by atoms with van der Waals surface area (Å²) in [5.74, 6) is 1.41. The Balaban J connectivity index is 1.54. The van der Waals surface area contributed by atoms with E-state index in [1.807, 2.05) is 26.0 Å². The number of hydrogen-bond acceptors (Lipinski definition) is 8. The lowest BCUT2D eigenvalue weighted by Gasteiger charge is -2.42. The fourth-order valence-corrected chi connectivity index (χ4v) is 4.80. The molecule has 2 aromatic carbocycles. The smallest absolute Gasteiger partial charge is 0.336 e. The van der Waals surface area contributed by atoms with Crippen LogP contribution in [0.25, 0.3) is 27.7 Å². The van der Waals surface area contributed by atoms with Crippen LogP contribution < -0.4 is 20.7 Å². The molecule has 4 heterocycles. The molecule has 8 heteroatoms. The summed E-state index contributed by atoms with van der Waals surface area (Å²) in [6.07, 6.45) is -0.193. The fraction of sp³-hybridized carbons (Fsp3) is 0.286. The number of benzene rings is 2. The van der Waals surface area contributed by atoms with Crippen molar-refractivity contribution in [2.24, 2.45) is 0 Å². The molecular formula is C28H24O8. The Morgan fingerprint density at radius 1 is 0.833 bits per heavy atom. The van der Waals surface area contributed by atoms with Crippen molar-refractivity contribution < 1.29 is 28.2 Å². The van der Waals surface area contributed by atoms with Crippen molar-refractivity contribution in [3.05, 3.63) is 86.6 Å². The van der Waals surface area contributed by atoms with Crippen molar-refractivity contribution in [1.29, 1.82) is 0 Å². The third-order valence-electron chi connectivity index (χ3n) is 6.54. The summed E-state index contributed by atoms with van der Waals surface area (Å²) in [4.78, 5) is 23.8. The van der Waals surface area contributed by atoms with Crippen molar-refractivity contribution in [2.45, 2.75) is 51.1 Å². The van der Waals surface area contributed by atoms with Crippen LogP contribution in [0.5, 0.6) is 11.5 Å². The van der Waals surface area contributed by atoms with Crippen molar-refractivity contribution in [1.82, 2.24) is 0 Å². The first-order valence-electron chi connectivity index (χ1n) is 11.6. The maximum Gasteiger partial charge on any atom is 0.336 e. The van der Waals surface area contributed by atoms with Crippen molar-refractivity contribution >= 4 is 27.7 Å². The molecule has 2 aromatic heterocycles. The zero-order valence-electron chi connectivity index (χ0n) is 20.2. The molecule has 2 aliphatic rings. The van der Waals surface area contributed by atoms with E-state index in [2.05, 4.69) is 0 Å². The molecule has 6 rings (SSSR count). The van der Waals surface area contributed by atoms with Crippen LogP contribution in [0.15, 0.2) is 73.0 Å². The van der Waals surface area contributed by atoms with Gasteiger partial charge in [-0.1, -0.05) is 0 Å². The van der Waals surface area contributed by atoms with Crippen molar-refractivity contribution in [3.8, 4) is 11.5 Å². The van der Waals surface area contributed by atoms with Crippen LogP contribution in [0.2, 0.25) is 0 Å². The lowest BCUT2D eigenvalue weighted by molar-refractivity contribution is -0.110. The molecule has 1 N–H and O–H groups in total. The normalized spacial score (nSPS) is 21.6. The van der Waals surface area contributed by atoms with Gasteiger partial charge in [-0.3, -0.25) is 0 Å². The van der Waals surface area contributed by atoms with Gasteiger partial charge in [0.25, 0.3) is 0 Å². The second kappa shape index (κ2) is 7.48. The van der Waals surface area contributed by atoms with Crippen LogP contribution in [-0.4, -0.2) is 22.4 Å². The number of ether oxygens (including phenoxy) is 3. The Labute approximate surface area is 205 Å². The van der Waals surface area contributed by atoms with E-state index in [0.717, 1.165) is 0 Å². The highest BCUT2D eigenvalue weighted by Gasteiger charge is 2.47. The number of hydrogen-bond donors (Lipinski definition) is 1. The van der Waals surface area contributed by atoms with Gasteiger partial charge in [0.1, 0.15) is 45.7 Å². The van der Waals surface area contributed by atoms with Gasteiger partial charge >= 0.3 is 11.3 Å². The minimum Gasteiger partial charge on any atom is -0.484 e. The standard InChI is InChI=1S/C28H24O8/c1-27(2)13-20(16-11-15-7-10-21(29)32-18(15)12-19(16)35-27)33-25-23-17(36-28(3,4)26(25)31)8-5-14-6-9-22(30)34-24(14)23/h5-13,25-26,31H,1-4H3. The van der Waals surface area contributed by atoms with Gasteiger partial charge in [-0.15, -0.1) is 0 Å². The monoisotopic (exact) mass is 488 g/mol. The second-order valence-corrected chi connectivity index (χ2v) is 10.2. The summed E-state index contributed by atoms with van der Waals surface area (Å²) in [5.41, 5.74) is -0.940. The van der Waals surface area contributed by atoms with Crippen molar-refractivity contribution in [2.75, 3.05) is 0 Å². The Morgan fingerprint density at radius 2 is 1.53 bits per heavy atom. The highest BCUT2D eigenvalue weighted by atomic mass is 16.6. The van der Waals surface area contributed by atoms with Crippen LogP contribution in [0, 0.1) is 0 Å². The van der Waals surface area contributed by atoms with Crippen LogP contribution in [0.3, 0.4) is 0 Å². The lowest BCUT2D eigenvalue weighted by atomic mass is 9.87. The van der Waals surface area contributed by atoms with E-state index >= 15 is 0 Å². The SMILES string of the molecule is CC1(C)C=C(OC2c3c(ccc4ccc(=O)oc34)OC(C)(C)C2O)c2cc3ccc(=O)oc3cc2O1. The van der Waals surface area contributed by atoms with E-state index in [9.17, 15) is 14.7 Å². The minimum absolute atomic E-state index is 0.298. The Hall–Kier alpha value is -4.04. The first kappa shape index (κ1) is 22.4. The van der Waals surface area contributed by atoms with Gasteiger partial charge in [0.05, 0.1) is 11.1 Å². The molecule has 0 bridgehead atoms. The molecular weight excluding hydrogens is 464 g/mol. The fourth-order valence-electron chi connectivity index (χ4n) is 4.80. The lowest BCUT2D eigenvalue weighted by Crippen LogP contribution is -2.49. The third kappa shape index (κ3) is 3.56. The number of rotatable bonds is 2. The van der Waals surface area contributed by atoms with Gasteiger partial charge in [0.2, 0.25) is 0 Å². The maximum atomic E-state index is 12.1. The van der Waals surface area contributed by atoms with E-state index in [0.29, 0.717) is 50.3 Å². The molecule has 8 nitrogen and oxygen atoms in total. The second-order valence-electron chi connectivity index (χ2n) is 10.2. The minimum atomic E-state index is -1.10. The first-order chi connectivity index (χ1) is 17.0. The predicted molar refractivity (Wildman–Crippen MR) is 132 cm³/mol. The molecule has 0 radical (unpaired) electrons. The summed E-state index contributed by atoms with van der Waals surface area (Å²) in [6.45, 7) is 7.29. The number of aliphatic hydroxyl groups excluding tert-OH is 1. The highest BCUT2D eigenvalue weighted by Crippen LogP contribution is 2.48. The molecule has 36 heavy (non-hydrogen) atoms. The summed E-state index contributed by atoms with van der Waals surface area (Å²) >= 11 is 0. The average Bonchev–Trinajstić information content (AvgIpc) is 2.79. The molecule has 2 atom stereocenters. The first-order valence-corrected chi connectivity index (χ1v) is 11.6. The summed E-state index contributed by atoms with van der Waals surface area (Å²) < 4.78 is 29.7. The van der Waals surface area contributed by atoms with E-state index in [4.69, 9.17) is 23.0 Å². The highest BCUT2D eigenvalue weighted by molar-refractivity contribution is 5.86. The van der Waals surface area contributed by atoms with Gasteiger partial charge in [0, 0.05) is 35.0 Å². The summed E-state index contributed by atoms with van der Waals surface area (Å²) in [6, 6.07) is 13.1. The van der Waals surface area contributed by atoms with Crippen LogP contribution in [0.4, 0.5) is 0 Å². The Morgan fingerprint density at radius 3 is 2.31 bits per heavy atom. The molecule has 2 aliphatic heterocycles. The molecule has 0 amide bonds. The quantitative estimate of drug-likeness (QED) is 0.405. The molecule has 0 saturated carbocycles. The van der Waals surface area contributed by atoms with E-state index in [1.54, 1.807) is 44.2 Å². The van der Waals surface area contributed by atoms with Gasteiger partial charge in [0.15, 0.2) is 6.10 Å². The zero-order valence-corrected chi connectivity index (χ0v) is 20.2. The molecule has 0 saturated heterocycles. The molecule has 0 fully saturated rings. The third-order valence-corrected chi connectivity index (χ3v) is 6.54. The van der Waals surface area contributed by atoms with E-state index in [1.165, 1.54) is 12.1 Å². The zero-order chi connectivity index (χ0) is 25.4. The van der Waals surface area contributed by atoms with Gasteiger partial charge < -0.3 is 28.2 Å².